The summed E-state index contributed by atoms with van der Waals surface area (Å²) in [5, 5.41) is 49.1. The Bertz CT molecular complexity index is 2330. The van der Waals surface area contributed by atoms with Gasteiger partial charge in [0.15, 0.2) is 5.43 Å². The lowest BCUT2D eigenvalue weighted by Gasteiger charge is -2.48. The Hall–Kier alpha value is -5.94. The Morgan fingerprint density at radius 3 is 2.73 bits per heavy atom. The molecule has 5 heterocycles. The highest BCUT2D eigenvalue weighted by molar-refractivity contribution is 5.92. The van der Waals surface area contributed by atoms with Crippen LogP contribution in [-0.2, 0) is 22.6 Å². The zero-order chi connectivity index (χ0) is 39.0. The van der Waals surface area contributed by atoms with Gasteiger partial charge in [-0.15, -0.1) is 5.92 Å². The number of hydrogen-bond acceptors (Lipinski definition) is 13. The molecule has 6 unspecified atom stereocenters. The van der Waals surface area contributed by atoms with Crippen LogP contribution in [0, 0.1) is 17.8 Å². The minimum Gasteiger partial charge on any atom is -0.508 e. The molecule has 2 bridgehead atoms. The average Bonchev–Trinajstić information content (AvgIpc) is 3.16. The maximum atomic E-state index is 13.9. The standard InChI is InChI=1S/C42H44N4O9/c1-3-23(20-47)41(52)54-32-18-30-38(51)36-31(50)17-28(21-48)53-40(36)37-35(25-12-13-45-34(44)16-25)29(24-6-4-8-27(49)15-24)9-5-7-26(42(32,2)55-39(30)37)14-22-10-11-33(43)46-19-22/h3-4,6,8,10-12,15-17,19,26,29,32-33,35,45-49,51H,7,13-14,18,20-21,43-44H2,1-2H3. The van der Waals surface area contributed by atoms with Crippen LogP contribution < -0.4 is 32.3 Å². The van der Waals surface area contributed by atoms with Crippen LogP contribution in [0.1, 0.15) is 61.0 Å². The van der Waals surface area contributed by atoms with E-state index >= 15 is 0 Å². The fraction of sp³-hybridized carbons (Fsp3) is 0.333. The Labute approximate surface area is 317 Å². The number of aromatic hydroxyl groups is 2. The van der Waals surface area contributed by atoms with Crippen LogP contribution in [0.25, 0.3) is 11.0 Å². The van der Waals surface area contributed by atoms with Crippen molar-refractivity contribution in [2.45, 2.75) is 69.4 Å². The van der Waals surface area contributed by atoms with Crippen LogP contribution in [0.2, 0.25) is 0 Å². The van der Waals surface area contributed by atoms with Gasteiger partial charge in [-0.05, 0) is 61.3 Å². The van der Waals surface area contributed by atoms with Gasteiger partial charge >= 0.3 is 5.97 Å². The number of aliphatic hydroxyl groups is 2. The molecule has 286 valence electrons. The molecule has 4 aliphatic heterocycles. The van der Waals surface area contributed by atoms with Gasteiger partial charge in [-0.1, -0.05) is 36.3 Å². The summed E-state index contributed by atoms with van der Waals surface area (Å²) < 4.78 is 19.7. The minimum absolute atomic E-state index is 0.0151. The van der Waals surface area contributed by atoms with Gasteiger partial charge < -0.3 is 56.4 Å². The lowest BCUT2D eigenvalue weighted by Crippen LogP contribution is -2.56. The van der Waals surface area contributed by atoms with E-state index in [4.69, 9.17) is 25.4 Å². The molecule has 0 fully saturated rings. The smallest absolute Gasteiger partial charge is 0.336 e. The molecular weight excluding hydrogens is 704 g/mol. The quantitative estimate of drug-likeness (QED) is 0.0944. The van der Waals surface area contributed by atoms with E-state index in [9.17, 15) is 30.0 Å². The third-order valence-corrected chi connectivity index (χ3v) is 10.9. The Balaban J connectivity index is 1.57. The monoisotopic (exact) mass is 748 g/mol. The zero-order valence-corrected chi connectivity index (χ0v) is 30.5. The van der Waals surface area contributed by atoms with E-state index < -0.39 is 59.8 Å². The number of nitrogens with two attached hydrogens (primary N) is 2. The maximum Gasteiger partial charge on any atom is 0.336 e. The molecule has 0 saturated heterocycles. The summed E-state index contributed by atoms with van der Waals surface area (Å²) in [6.45, 7) is 2.67. The molecule has 13 heteroatoms. The lowest BCUT2D eigenvalue weighted by molar-refractivity contribution is -0.165. The fourth-order valence-electron chi connectivity index (χ4n) is 7.91. The average molecular weight is 749 g/mol. The summed E-state index contributed by atoms with van der Waals surface area (Å²) in [4.78, 5) is 27.5. The number of benzene rings is 2. The predicted octanol–water partition coefficient (Wildman–Crippen LogP) is 3.18. The van der Waals surface area contributed by atoms with Crippen molar-refractivity contribution < 1.29 is 39.1 Å². The number of rotatable bonds is 8. The first-order valence-electron chi connectivity index (χ1n) is 18.1. The lowest BCUT2D eigenvalue weighted by atomic mass is 9.70. The Morgan fingerprint density at radius 2 is 2.04 bits per heavy atom. The normalized spacial score (nSPS) is 25.9. The van der Waals surface area contributed by atoms with E-state index in [1.54, 1.807) is 31.2 Å². The van der Waals surface area contributed by atoms with E-state index in [1.807, 2.05) is 37.4 Å². The molecule has 13 nitrogen and oxygen atoms in total. The van der Waals surface area contributed by atoms with Crippen molar-refractivity contribution in [2.24, 2.45) is 17.4 Å². The molecule has 0 aliphatic carbocycles. The number of dihydropyridines is 2. The molecule has 0 saturated carbocycles. The van der Waals surface area contributed by atoms with Gasteiger partial charge in [-0.3, -0.25) is 4.79 Å². The number of aliphatic hydroxyl groups excluding tert-OH is 2. The second kappa shape index (κ2) is 15.1. The van der Waals surface area contributed by atoms with E-state index in [-0.39, 0.29) is 58.4 Å². The minimum atomic E-state index is -1.33. The molecule has 0 amide bonds. The van der Waals surface area contributed by atoms with Crippen molar-refractivity contribution in [3.05, 3.63) is 122 Å². The summed E-state index contributed by atoms with van der Waals surface area (Å²) in [6, 6.07) is 7.88. The van der Waals surface area contributed by atoms with Gasteiger partial charge in [0.2, 0.25) is 0 Å². The van der Waals surface area contributed by atoms with Crippen LogP contribution in [0.5, 0.6) is 17.2 Å². The van der Waals surface area contributed by atoms with Crippen molar-refractivity contribution in [3.8, 4) is 29.1 Å². The zero-order valence-electron chi connectivity index (χ0n) is 30.5. The number of nitrogens with one attached hydrogen (secondary N) is 2. The molecular formula is C42H44N4O9. The van der Waals surface area contributed by atoms with E-state index in [1.165, 1.54) is 6.08 Å². The van der Waals surface area contributed by atoms with Crippen LogP contribution >= 0.6 is 0 Å². The topological polar surface area (TPSA) is 223 Å². The number of fused-ring (bicyclic) bond motifs is 3. The van der Waals surface area contributed by atoms with Crippen LogP contribution in [0.3, 0.4) is 0 Å². The largest absolute Gasteiger partial charge is 0.508 e. The van der Waals surface area contributed by atoms with Gasteiger partial charge in [0.1, 0.15) is 52.3 Å². The number of esters is 1. The van der Waals surface area contributed by atoms with Gasteiger partial charge in [-0.2, -0.15) is 0 Å². The third kappa shape index (κ3) is 6.96. The predicted molar refractivity (Wildman–Crippen MR) is 204 cm³/mol. The molecule has 3 aromatic rings. The number of phenols is 2. The first-order chi connectivity index (χ1) is 26.4. The van der Waals surface area contributed by atoms with Gasteiger partial charge in [0.05, 0.1) is 30.1 Å². The Kier molecular flexibility index (Phi) is 10.2. The van der Waals surface area contributed by atoms with Gasteiger partial charge in [0, 0.05) is 54.6 Å². The van der Waals surface area contributed by atoms with Crippen LogP contribution in [-0.4, -0.2) is 57.4 Å². The number of carbonyl (C=O) groups is 1. The molecule has 0 radical (unpaired) electrons. The highest BCUT2D eigenvalue weighted by atomic mass is 16.6. The molecule has 6 atom stereocenters. The molecule has 0 spiro atoms. The third-order valence-electron chi connectivity index (χ3n) is 10.9. The second-order valence-corrected chi connectivity index (χ2v) is 14.3. The van der Waals surface area contributed by atoms with E-state index in [0.29, 0.717) is 35.5 Å². The number of hydrogen-bond donors (Lipinski definition) is 8. The van der Waals surface area contributed by atoms with Crippen LogP contribution in [0.15, 0.2) is 98.7 Å². The fourth-order valence-corrected chi connectivity index (χ4v) is 7.91. The number of phenolic OH excluding ortho intramolecular Hbond substituents is 2. The summed E-state index contributed by atoms with van der Waals surface area (Å²) >= 11 is 0. The number of carbonyl (C=O) groups excluding carboxylic acids is 1. The summed E-state index contributed by atoms with van der Waals surface area (Å²) in [6.07, 6.45) is 9.90. The van der Waals surface area contributed by atoms with E-state index in [0.717, 1.165) is 11.6 Å². The van der Waals surface area contributed by atoms with Crippen LogP contribution in [0.4, 0.5) is 0 Å². The second-order valence-electron chi connectivity index (χ2n) is 14.3. The Morgan fingerprint density at radius 1 is 1.22 bits per heavy atom. The van der Waals surface area contributed by atoms with Gasteiger partial charge in [-0.25, -0.2) is 4.79 Å². The first kappa shape index (κ1) is 37.4. The highest BCUT2D eigenvalue weighted by Gasteiger charge is 2.52. The molecule has 55 heavy (non-hydrogen) atoms. The molecule has 1 aromatic heterocycles. The summed E-state index contributed by atoms with van der Waals surface area (Å²) in [5.41, 5.74) is 13.3. The number of ether oxygens (including phenoxy) is 2. The number of allylic oxidation sites excluding steroid dienone is 5. The molecule has 4 aliphatic rings. The summed E-state index contributed by atoms with van der Waals surface area (Å²) in [7, 11) is 0. The SMILES string of the molecule is CC=C(CO)C(=O)OC1Cc2c3c(c4oc(CO)cc(=O)c4c2O)C(C2=CCNC(N)=C2)C(c2cccc(O)c2)C#CCC(CC2=CNC(N)C=C2)C1(C)O3. The van der Waals surface area contributed by atoms with Crippen molar-refractivity contribution in [2.75, 3.05) is 13.2 Å². The molecule has 10 N–H and O–H groups in total. The first-order valence-corrected chi connectivity index (χ1v) is 18.1. The van der Waals surface area contributed by atoms with Crippen molar-refractivity contribution in [3.63, 3.8) is 0 Å². The van der Waals surface area contributed by atoms with Crippen molar-refractivity contribution in [1.29, 1.82) is 0 Å². The molecule has 2 aromatic carbocycles. The van der Waals surface area contributed by atoms with Crippen molar-refractivity contribution in [1.82, 2.24) is 10.6 Å². The van der Waals surface area contributed by atoms with E-state index in [2.05, 4.69) is 22.5 Å². The summed E-state index contributed by atoms with van der Waals surface area (Å²) in [5.74, 6) is 4.40. The molecule has 7 rings (SSSR count). The van der Waals surface area contributed by atoms with Gasteiger partial charge in [0.25, 0.3) is 0 Å². The maximum absolute atomic E-state index is 13.9. The highest BCUT2D eigenvalue weighted by Crippen LogP contribution is 2.55. The van der Waals surface area contributed by atoms with Crippen molar-refractivity contribution >= 4 is 16.9 Å².